The molecule has 0 saturated heterocycles. The van der Waals surface area contributed by atoms with E-state index in [9.17, 15) is 33.3 Å². The van der Waals surface area contributed by atoms with Gasteiger partial charge in [0.25, 0.3) is 0 Å². The highest BCUT2D eigenvalue weighted by Gasteiger charge is 2.73. The van der Waals surface area contributed by atoms with Crippen LogP contribution in [0.5, 0.6) is 11.5 Å². The Balaban J connectivity index is 2.61. The molecule has 0 saturated carbocycles. The molecular formula is C22H18F6N4O4. The van der Waals surface area contributed by atoms with Gasteiger partial charge in [-0.15, -0.1) is 0 Å². The van der Waals surface area contributed by atoms with Crippen molar-refractivity contribution >= 4 is 28.7 Å². The number of carbonyl (C=O) groups is 1. The molecule has 1 unspecified atom stereocenters. The molecule has 0 heterocycles. The summed E-state index contributed by atoms with van der Waals surface area (Å²) in [5.74, 6) is -9.59. The van der Waals surface area contributed by atoms with Gasteiger partial charge in [0, 0.05) is 33.6 Å². The molecule has 14 heteroatoms. The maximum atomic E-state index is 16.7. The lowest BCUT2D eigenvalue weighted by molar-refractivity contribution is -0.323. The number of carboxylic acids is 1. The van der Waals surface area contributed by atoms with E-state index >= 15 is 13.2 Å². The van der Waals surface area contributed by atoms with Crippen LogP contribution in [0.25, 0.3) is 11.1 Å². The van der Waals surface area contributed by atoms with Crippen molar-refractivity contribution in [1.82, 2.24) is 0 Å². The summed E-state index contributed by atoms with van der Waals surface area (Å²) in [5.41, 5.74) is 9.81. The molecule has 0 bridgehead atoms. The Morgan fingerprint density at radius 3 is 1.86 bits per heavy atom. The van der Waals surface area contributed by atoms with Gasteiger partial charge in [-0.3, -0.25) is 0 Å². The molecule has 36 heavy (non-hydrogen) atoms. The van der Waals surface area contributed by atoms with Crippen LogP contribution >= 0.6 is 0 Å². The average molecular weight is 516 g/mol. The molecular weight excluding hydrogens is 498 g/mol. The van der Waals surface area contributed by atoms with Crippen molar-refractivity contribution in [2.24, 2.45) is 0 Å². The van der Waals surface area contributed by atoms with Crippen LogP contribution in [0.1, 0.15) is 21.5 Å². The van der Waals surface area contributed by atoms with E-state index in [-0.39, 0.29) is 5.69 Å². The van der Waals surface area contributed by atoms with Gasteiger partial charge in [-0.2, -0.15) is 22.0 Å². The van der Waals surface area contributed by atoms with Crippen LogP contribution in [0.4, 0.5) is 49.1 Å². The SMILES string of the molecule is Nc1cc(N)c(-c2c(C(F)(c3ccc(O)c(N)c3)C(F)(F)C(F)(F)F)ccc(O)c2N)c(C(=O)O)c1. The monoisotopic (exact) mass is 516 g/mol. The number of aromatic carboxylic acids is 1. The summed E-state index contributed by atoms with van der Waals surface area (Å²) in [7, 11) is 0. The topological polar surface area (TPSA) is 182 Å². The maximum Gasteiger partial charge on any atom is 0.457 e. The Morgan fingerprint density at radius 2 is 1.33 bits per heavy atom. The van der Waals surface area contributed by atoms with Crippen molar-refractivity contribution in [3.63, 3.8) is 0 Å². The van der Waals surface area contributed by atoms with Gasteiger partial charge in [-0.1, -0.05) is 12.1 Å². The van der Waals surface area contributed by atoms with Gasteiger partial charge in [-0.25, -0.2) is 9.18 Å². The number of nitrogen functional groups attached to an aromatic ring is 4. The van der Waals surface area contributed by atoms with Gasteiger partial charge < -0.3 is 38.3 Å². The molecule has 0 aromatic heterocycles. The average Bonchev–Trinajstić information content (AvgIpc) is 2.76. The lowest BCUT2D eigenvalue weighted by atomic mass is 9.77. The molecule has 3 rings (SSSR count). The van der Waals surface area contributed by atoms with Gasteiger partial charge in [-0.05, 0) is 30.3 Å². The minimum Gasteiger partial charge on any atom is -0.506 e. The maximum absolute atomic E-state index is 16.7. The van der Waals surface area contributed by atoms with Crippen LogP contribution in [0.15, 0.2) is 42.5 Å². The number of carboxylic acid groups (broad SMARTS) is 1. The molecule has 8 nitrogen and oxygen atoms in total. The fraction of sp³-hybridized carbons (Fsp3) is 0.136. The molecule has 0 aliphatic rings. The summed E-state index contributed by atoms with van der Waals surface area (Å²) >= 11 is 0. The molecule has 0 radical (unpaired) electrons. The molecule has 0 spiro atoms. The van der Waals surface area contributed by atoms with Gasteiger partial charge >= 0.3 is 18.1 Å². The van der Waals surface area contributed by atoms with Crippen LogP contribution in [-0.4, -0.2) is 33.4 Å². The van der Waals surface area contributed by atoms with Gasteiger partial charge in [0.1, 0.15) is 11.5 Å². The molecule has 0 aliphatic carbocycles. The molecule has 11 N–H and O–H groups in total. The van der Waals surface area contributed by atoms with E-state index in [2.05, 4.69) is 0 Å². The lowest BCUT2D eigenvalue weighted by Crippen LogP contribution is -2.53. The summed E-state index contributed by atoms with van der Waals surface area (Å²) in [6, 6.07) is 4.04. The van der Waals surface area contributed by atoms with Crippen molar-refractivity contribution in [3.8, 4) is 22.6 Å². The molecule has 0 amide bonds. The van der Waals surface area contributed by atoms with Gasteiger partial charge in [0.05, 0.1) is 16.9 Å². The summed E-state index contributed by atoms with van der Waals surface area (Å²) in [6.07, 6.45) is -6.50. The predicted octanol–water partition coefficient (Wildman–Crippen LogP) is 4.20. The van der Waals surface area contributed by atoms with Crippen LogP contribution in [0, 0.1) is 0 Å². The number of hydrogen-bond donors (Lipinski definition) is 7. The number of nitrogens with two attached hydrogens (primary N) is 4. The second-order valence-electron chi connectivity index (χ2n) is 7.76. The van der Waals surface area contributed by atoms with E-state index in [1.165, 1.54) is 0 Å². The van der Waals surface area contributed by atoms with E-state index < -0.39 is 80.1 Å². The zero-order chi connectivity index (χ0) is 27.4. The Hall–Kier alpha value is -4.49. The molecule has 0 fully saturated rings. The minimum absolute atomic E-state index is 0.229. The molecule has 1 atom stereocenters. The smallest absolute Gasteiger partial charge is 0.457 e. The van der Waals surface area contributed by atoms with Crippen molar-refractivity contribution in [1.29, 1.82) is 0 Å². The number of phenolic OH excluding ortho intramolecular Hbond substituents is 2. The van der Waals surface area contributed by atoms with E-state index in [0.29, 0.717) is 30.3 Å². The molecule has 3 aromatic rings. The van der Waals surface area contributed by atoms with Crippen LogP contribution in [0.2, 0.25) is 0 Å². The molecule has 192 valence electrons. The van der Waals surface area contributed by atoms with Crippen LogP contribution in [-0.2, 0) is 5.67 Å². The fourth-order valence-corrected chi connectivity index (χ4v) is 3.77. The van der Waals surface area contributed by atoms with Crippen molar-refractivity contribution in [2.45, 2.75) is 17.8 Å². The minimum atomic E-state index is -6.50. The normalized spacial score (nSPS) is 13.8. The van der Waals surface area contributed by atoms with Crippen LogP contribution < -0.4 is 22.9 Å². The van der Waals surface area contributed by atoms with E-state index in [4.69, 9.17) is 22.9 Å². The fourth-order valence-electron chi connectivity index (χ4n) is 3.77. The second kappa shape index (κ2) is 8.32. The Bertz CT molecular complexity index is 1380. The zero-order valence-electron chi connectivity index (χ0n) is 17.9. The summed E-state index contributed by atoms with van der Waals surface area (Å²) in [4.78, 5) is 11.9. The largest absolute Gasteiger partial charge is 0.506 e. The zero-order valence-corrected chi connectivity index (χ0v) is 17.9. The van der Waals surface area contributed by atoms with Crippen LogP contribution in [0.3, 0.4) is 0 Å². The summed E-state index contributed by atoms with van der Waals surface area (Å²) < 4.78 is 87.7. The summed E-state index contributed by atoms with van der Waals surface area (Å²) in [6.45, 7) is 0. The number of alkyl halides is 6. The number of hydrogen-bond acceptors (Lipinski definition) is 7. The van der Waals surface area contributed by atoms with Crippen molar-refractivity contribution in [3.05, 3.63) is 59.2 Å². The quantitative estimate of drug-likeness (QED) is 0.150. The first-order valence-corrected chi connectivity index (χ1v) is 9.72. The van der Waals surface area contributed by atoms with Gasteiger partial charge in [0.2, 0.25) is 5.67 Å². The van der Waals surface area contributed by atoms with Crippen molar-refractivity contribution in [2.75, 3.05) is 22.9 Å². The summed E-state index contributed by atoms with van der Waals surface area (Å²) in [5, 5.41) is 29.4. The molecule has 0 aliphatic heterocycles. The molecule has 3 aromatic carbocycles. The Kier molecular flexibility index (Phi) is 6.04. The Labute approximate surface area is 198 Å². The third-order valence-corrected chi connectivity index (χ3v) is 5.48. The highest BCUT2D eigenvalue weighted by molar-refractivity contribution is 6.04. The van der Waals surface area contributed by atoms with E-state index in [0.717, 1.165) is 12.1 Å². The first-order valence-electron chi connectivity index (χ1n) is 9.72. The van der Waals surface area contributed by atoms with Crippen molar-refractivity contribution < 1.29 is 46.5 Å². The predicted molar refractivity (Wildman–Crippen MR) is 119 cm³/mol. The highest BCUT2D eigenvalue weighted by Crippen LogP contribution is 2.58. The number of phenols is 2. The lowest BCUT2D eigenvalue weighted by Gasteiger charge is -2.37. The number of aromatic hydroxyl groups is 2. The first-order chi connectivity index (χ1) is 16.4. The number of benzene rings is 3. The highest BCUT2D eigenvalue weighted by atomic mass is 19.4. The third kappa shape index (κ3) is 3.79. The Morgan fingerprint density at radius 1 is 0.750 bits per heavy atom. The number of anilines is 4. The first kappa shape index (κ1) is 26.1. The standard InChI is InChI=1S/C22H18F6N4O4/c23-20(21(24,25)22(26,27)28,8-1-3-14(33)12(30)5-8)11-2-4-15(34)18(32)17(11)16-10(19(35)36)6-9(29)7-13(16)31/h1-7,33-34H,29-32H2,(H,35,36). The van der Waals surface area contributed by atoms with E-state index in [1.54, 1.807) is 0 Å². The third-order valence-electron chi connectivity index (χ3n) is 5.48. The number of halogens is 6. The van der Waals surface area contributed by atoms with E-state index in [1.807, 2.05) is 0 Å². The second-order valence-corrected chi connectivity index (χ2v) is 7.76. The number of rotatable bonds is 5. The van der Waals surface area contributed by atoms with Gasteiger partial charge in [0.15, 0.2) is 0 Å².